The van der Waals surface area contributed by atoms with Crippen molar-refractivity contribution in [3.8, 4) is 11.4 Å². The molecular weight excluding hydrogens is 436 g/mol. The van der Waals surface area contributed by atoms with Gasteiger partial charge in [-0.3, -0.25) is 9.78 Å². The summed E-state index contributed by atoms with van der Waals surface area (Å²) in [6.45, 7) is 0.485. The van der Waals surface area contributed by atoms with E-state index in [4.69, 9.17) is 13.7 Å². The Balaban J connectivity index is 1.20. The molecule has 1 aliphatic heterocycles. The molecule has 3 aromatic heterocycles. The number of aryl methyl sites for hydroxylation is 1. The third kappa shape index (κ3) is 4.59. The van der Waals surface area contributed by atoms with Crippen molar-refractivity contribution >= 4 is 11.9 Å². The fourth-order valence-corrected chi connectivity index (χ4v) is 3.95. The van der Waals surface area contributed by atoms with Gasteiger partial charge in [0, 0.05) is 37.3 Å². The van der Waals surface area contributed by atoms with Crippen molar-refractivity contribution in [2.24, 2.45) is 0 Å². The van der Waals surface area contributed by atoms with E-state index in [0.29, 0.717) is 37.5 Å². The normalized spacial score (nSPS) is 15.1. The van der Waals surface area contributed by atoms with Crippen LogP contribution in [-0.2, 0) is 28.9 Å². The second-order valence-electron chi connectivity index (χ2n) is 7.92. The van der Waals surface area contributed by atoms with Gasteiger partial charge in [-0.1, -0.05) is 29.4 Å². The van der Waals surface area contributed by atoms with Gasteiger partial charge in [0.2, 0.25) is 11.7 Å². The molecule has 0 spiro atoms. The number of rotatable bonds is 7. The molecule has 9 heteroatoms. The van der Waals surface area contributed by atoms with Crippen molar-refractivity contribution in [1.82, 2.24) is 20.0 Å². The second kappa shape index (κ2) is 9.70. The van der Waals surface area contributed by atoms with Crippen molar-refractivity contribution in [2.45, 2.75) is 31.8 Å². The maximum absolute atomic E-state index is 13.0. The van der Waals surface area contributed by atoms with Gasteiger partial charge in [0.15, 0.2) is 5.76 Å². The summed E-state index contributed by atoms with van der Waals surface area (Å²) in [5, 5.41) is 3.96. The van der Waals surface area contributed by atoms with Crippen LogP contribution in [-0.4, -0.2) is 44.5 Å². The van der Waals surface area contributed by atoms with E-state index in [1.807, 2.05) is 30.3 Å². The number of carbonyl (C=O) groups excluding carboxylic acids is 2. The minimum absolute atomic E-state index is 0.171. The molecule has 0 saturated heterocycles. The quantitative estimate of drug-likeness (QED) is 0.306. The molecule has 172 valence electrons. The van der Waals surface area contributed by atoms with Gasteiger partial charge in [0.1, 0.15) is 6.04 Å². The third-order valence-corrected chi connectivity index (χ3v) is 5.68. The number of ether oxygens (including phenoxy) is 1. The summed E-state index contributed by atoms with van der Waals surface area (Å²) in [7, 11) is 0. The number of pyridine rings is 1. The highest BCUT2D eigenvalue weighted by Crippen LogP contribution is 2.26. The summed E-state index contributed by atoms with van der Waals surface area (Å²) in [6.07, 6.45) is 6.13. The Morgan fingerprint density at radius 1 is 1.09 bits per heavy atom. The van der Waals surface area contributed by atoms with Crippen molar-refractivity contribution in [3.63, 3.8) is 0 Å². The minimum Gasteiger partial charge on any atom is -0.464 e. The molecule has 0 radical (unpaired) electrons. The van der Waals surface area contributed by atoms with Gasteiger partial charge in [0.05, 0.1) is 12.9 Å². The first kappa shape index (κ1) is 21.6. The Morgan fingerprint density at radius 3 is 2.76 bits per heavy atom. The van der Waals surface area contributed by atoms with Crippen LogP contribution < -0.4 is 0 Å². The van der Waals surface area contributed by atoms with E-state index >= 15 is 0 Å². The molecule has 1 aromatic carbocycles. The Morgan fingerprint density at radius 2 is 1.97 bits per heavy atom. The van der Waals surface area contributed by atoms with Gasteiger partial charge in [-0.25, -0.2) is 4.79 Å². The maximum atomic E-state index is 13.0. The molecule has 34 heavy (non-hydrogen) atoms. The summed E-state index contributed by atoms with van der Waals surface area (Å²) < 4.78 is 16.1. The zero-order chi connectivity index (χ0) is 23.3. The molecule has 5 rings (SSSR count). The van der Waals surface area contributed by atoms with Crippen LogP contribution in [0, 0.1) is 0 Å². The lowest BCUT2D eigenvalue weighted by Gasteiger charge is -2.34. The van der Waals surface area contributed by atoms with E-state index in [1.54, 1.807) is 30.6 Å². The van der Waals surface area contributed by atoms with Crippen LogP contribution in [0.3, 0.4) is 0 Å². The highest BCUT2D eigenvalue weighted by Gasteiger charge is 2.36. The number of hydrogen-bond acceptors (Lipinski definition) is 8. The number of hydrogen-bond donors (Lipinski definition) is 0. The van der Waals surface area contributed by atoms with Gasteiger partial charge in [-0.15, -0.1) is 0 Å². The van der Waals surface area contributed by atoms with E-state index in [9.17, 15) is 9.59 Å². The lowest BCUT2D eigenvalue weighted by molar-refractivity contribution is -0.149. The first-order valence-corrected chi connectivity index (χ1v) is 11.0. The summed E-state index contributed by atoms with van der Waals surface area (Å²) >= 11 is 0. The maximum Gasteiger partial charge on any atom is 0.329 e. The number of furan rings is 1. The predicted molar refractivity (Wildman–Crippen MR) is 119 cm³/mol. The number of carbonyl (C=O) groups is 2. The van der Waals surface area contributed by atoms with Crippen LogP contribution in [0.2, 0.25) is 0 Å². The Kier molecular flexibility index (Phi) is 6.15. The molecule has 0 aliphatic carbocycles. The topological polar surface area (TPSA) is 112 Å². The van der Waals surface area contributed by atoms with Gasteiger partial charge in [-0.2, -0.15) is 4.98 Å². The molecule has 0 bridgehead atoms. The molecule has 1 aliphatic rings. The summed E-state index contributed by atoms with van der Waals surface area (Å²) in [4.78, 5) is 35.9. The molecule has 1 atom stereocenters. The number of aromatic nitrogens is 3. The average molecular weight is 458 g/mol. The molecule has 0 unspecified atom stereocenters. The molecule has 9 nitrogen and oxygen atoms in total. The number of nitrogens with zero attached hydrogens (tertiary/aromatic N) is 4. The zero-order valence-corrected chi connectivity index (χ0v) is 18.3. The number of amides is 1. The Labute approximate surface area is 195 Å². The summed E-state index contributed by atoms with van der Waals surface area (Å²) in [5.41, 5.74) is 2.80. The van der Waals surface area contributed by atoms with Crippen LogP contribution in [0.15, 0.2) is 76.1 Å². The fraction of sp³-hybridized carbons (Fsp3) is 0.240. The van der Waals surface area contributed by atoms with E-state index in [2.05, 4.69) is 15.1 Å². The third-order valence-electron chi connectivity index (χ3n) is 5.68. The molecule has 0 N–H and O–H groups in total. The first-order chi connectivity index (χ1) is 16.7. The second-order valence-corrected chi connectivity index (χ2v) is 7.92. The first-order valence-electron chi connectivity index (χ1n) is 11.0. The largest absolute Gasteiger partial charge is 0.464 e. The van der Waals surface area contributed by atoms with Crippen LogP contribution in [0.1, 0.15) is 34.0 Å². The van der Waals surface area contributed by atoms with Gasteiger partial charge in [0.25, 0.3) is 5.91 Å². The van der Waals surface area contributed by atoms with E-state index in [0.717, 1.165) is 16.7 Å². The number of esters is 1. The van der Waals surface area contributed by atoms with Gasteiger partial charge < -0.3 is 18.6 Å². The lowest BCUT2D eigenvalue weighted by Crippen LogP contribution is -2.49. The molecule has 0 fully saturated rings. The smallest absolute Gasteiger partial charge is 0.329 e. The van der Waals surface area contributed by atoms with Crippen LogP contribution in [0.5, 0.6) is 0 Å². The van der Waals surface area contributed by atoms with Crippen molar-refractivity contribution < 1.29 is 23.3 Å². The molecule has 4 aromatic rings. The highest BCUT2D eigenvalue weighted by atomic mass is 16.5. The lowest BCUT2D eigenvalue weighted by atomic mass is 9.93. The zero-order valence-electron chi connectivity index (χ0n) is 18.3. The van der Waals surface area contributed by atoms with Crippen LogP contribution in [0.4, 0.5) is 0 Å². The van der Waals surface area contributed by atoms with E-state index < -0.39 is 12.0 Å². The standard InChI is InChI=1S/C25H22N4O5/c30-24(21-9-4-12-32-21)29-16-19-7-2-1-6-17(19)14-20(29)25(31)33-13-5-10-22-27-23(28-34-22)18-8-3-11-26-15-18/h1-4,6-9,11-12,15,20H,5,10,13-14,16H2/t20-/m0/s1. The van der Waals surface area contributed by atoms with Crippen molar-refractivity contribution in [2.75, 3.05) is 6.61 Å². The molecule has 1 amide bonds. The Bertz CT molecular complexity index is 1270. The predicted octanol–water partition coefficient (Wildman–Crippen LogP) is 3.47. The highest BCUT2D eigenvalue weighted by molar-refractivity contribution is 5.95. The molecule has 0 saturated carbocycles. The van der Waals surface area contributed by atoms with E-state index in [1.165, 1.54) is 11.2 Å². The number of fused-ring (bicyclic) bond motifs is 1. The number of benzene rings is 1. The van der Waals surface area contributed by atoms with Crippen molar-refractivity contribution in [1.29, 1.82) is 0 Å². The van der Waals surface area contributed by atoms with Gasteiger partial charge in [-0.05, 0) is 41.8 Å². The summed E-state index contributed by atoms with van der Waals surface area (Å²) in [6, 6.07) is 13.9. The average Bonchev–Trinajstić information content (AvgIpc) is 3.59. The SMILES string of the molecule is O=C(OCCCc1nc(-c2cccnc2)no1)[C@@H]1Cc2ccccc2CN1C(=O)c1ccco1. The van der Waals surface area contributed by atoms with Crippen molar-refractivity contribution in [3.05, 3.63) is 90.0 Å². The van der Waals surface area contributed by atoms with Gasteiger partial charge >= 0.3 is 5.97 Å². The summed E-state index contributed by atoms with van der Waals surface area (Å²) in [5.74, 6) is 0.327. The van der Waals surface area contributed by atoms with E-state index in [-0.39, 0.29) is 18.3 Å². The minimum atomic E-state index is -0.729. The fourth-order valence-electron chi connectivity index (χ4n) is 3.95. The Hall–Kier alpha value is -4.27. The van der Waals surface area contributed by atoms with Crippen LogP contribution >= 0.6 is 0 Å². The molecule has 4 heterocycles. The van der Waals surface area contributed by atoms with Crippen LogP contribution in [0.25, 0.3) is 11.4 Å². The molecular formula is C25H22N4O5. The monoisotopic (exact) mass is 458 g/mol.